The predicted octanol–water partition coefficient (Wildman–Crippen LogP) is 3.90. The van der Waals surface area contributed by atoms with Crippen LogP contribution in [0.5, 0.6) is 0 Å². The van der Waals surface area contributed by atoms with E-state index in [0.29, 0.717) is 23.3 Å². The summed E-state index contributed by atoms with van der Waals surface area (Å²) < 4.78 is 0. The molecule has 0 aliphatic carbocycles. The molecule has 3 rings (SSSR count). The summed E-state index contributed by atoms with van der Waals surface area (Å²) in [5.74, 6) is 1.01. The summed E-state index contributed by atoms with van der Waals surface area (Å²) >= 11 is 6.14. The number of amides is 1. The fourth-order valence-corrected chi connectivity index (χ4v) is 3.62. The molecule has 2 heterocycles. The quantitative estimate of drug-likeness (QED) is 0.818. The Morgan fingerprint density at radius 2 is 2.11 bits per heavy atom. The van der Waals surface area contributed by atoms with Gasteiger partial charge in [0.15, 0.2) is 0 Å². The van der Waals surface area contributed by atoms with E-state index in [1.54, 1.807) is 0 Å². The van der Waals surface area contributed by atoms with Gasteiger partial charge in [-0.2, -0.15) is 0 Å². The molecule has 27 heavy (non-hydrogen) atoms. The number of piperidine rings is 1. The van der Waals surface area contributed by atoms with Crippen LogP contribution in [-0.4, -0.2) is 40.4 Å². The number of halogens is 1. The third kappa shape index (κ3) is 5.50. The van der Waals surface area contributed by atoms with Crippen molar-refractivity contribution in [2.24, 2.45) is 5.92 Å². The van der Waals surface area contributed by atoms with Gasteiger partial charge in [0.2, 0.25) is 0 Å². The molecule has 0 spiro atoms. The Balaban J connectivity index is 1.55. The van der Waals surface area contributed by atoms with Gasteiger partial charge in [0, 0.05) is 25.6 Å². The van der Waals surface area contributed by atoms with E-state index in [4.69, 9.17) is 11.6 Å². The van der Waals surface area contributed by atoms with Crippen LogP contribution in [0.2, 0.25) is 5.02 Å². The van der Waals surface area contributed by atoms with Gasteiger partial charge in [-0.3, -0.25) is 9.69 Å². The first-order valence-electron chi connectivity index (χ1n) is 9.60. The molecule has 1 aromatic heterocycles. The minimum absolute atomic E-state index is 0.152. The Morgan fingerprint density at radius 1 is 1.33 bits per heavy atom. The number of hydrogen-bond donors (Lipinski definition) is 1. The topological polar surface area (TPSA) is 58.1 Å². The molecule has 1 aliphatic heterocycles. The highest BCUT2D eigenvalue weighted by molar-refractivity contribution is 6.33. The van der Waals surface area contributed by atoms with Crippen molar-refractivity contribution >= 4 is 17.5 Å². The first-order chi connectivity index (χ1) is 13.0. The minimum atomic E-state index is -0.218. The molecule has 0 radical (unpaired) electrons. The molecule has 1 fully saturated rings. The molecule has 0 unspecified atom stereocenters. The maximum atomic E-state index is 12.6. The van der Waals surface area contributed by atoms with Gasteiger partial charge in [0.25, 0.3) is 5.91 Å². The normalized spacial score (nSPS) is 17.9. The molecule has 6 heteroatoms. The monoisotopic (exact) mass is 386 g/mol. The smallest absolute Gasteiger partial charge is 0.271 e. The van der Waals surface area contributed by atoms with Crippen molar-refractivity contribution in [1.29, 1.82) is 0 Å². The van der Waals surface area contributed by atoms with Crippen molar-refractivity contribution in [3.63, 3.8) is 0 Å². The summed E-state index contributed by atoms with van der Waals surface area (Å²) in [6.45, 7) is 7.68. The average Bonchev–Trinajstić information content (AvgIpc) is 2.67. The van der Waals surface area contributed by atoms with E-state index < -0.39 is 0 Å². The van der Waals surface area contributed by atoms with Gasteiger partial charge >= 0.3 is 0 Å². The molecule has 0 saturated carbocycles. The Labute approximate surface area is 166 Å². The average molecular weight is 387 g/mol. The number of aromatic nitrogens is 2. The summed E-state index contributed by atoms with van der Waals surface area (Å²) in [4.78, 5) is 23.6. The standard InChI is InChI=1S/C21H27ClN4O/c1-15(2)20-23-12-18(22)19(25-20)21(27)24-11-17-9-6-10-26(14-17)13-16-7-4-3-5-8-16/h3-5,7-8,12,15,17H,6,9-11,13-14H2,1-2H3,(H,24,27)/t17-/m0/s1. The molecular weight excluding hydrogens is 360 g/mol. The predicted molar refractivity (Wildman–Crippen MR) is 108 cm³/mol. The van der Waals surface area contributed by atoms with Crippen LogP contribution in [0, 0.1) is 5.92 Å². The number of carbonyl (C=O) groups excluding carboxylic acids is 1. The summed E-state index contributed by atoms with van der Waals surface area (Å²) in [6.07, 6.45) is 3.79. The van der Waals surface area contributed by atoms with Crippen LogP contribution in [0.4, 0.5) is 0 Å². The Kier molecular flexibility index (Phi) is 6.80. The third-order valence-electron chi connectivity index (χ3n) is 4.90. The van der Waals surface area contributed by atoms with E-state index in [9.17, 15) is 4.79 Å². The second-order valence-electron chi connectivity index (χ2n) is 7.52. The molecule has 1 amide bonds. The van der Waals surface area contributed by atoms with Crippen molar-refractivity contribution < 1.29 is 4.79 Å². The first-order valence-corrected chi connectivity index (χ1v) is 9.97. The van der Waals surface area contributed by atoms with E-state index in [-0.39, 0.29) is 17.5 Å². The highest BCUT2D eigenvalue weighted by Crippen LogP contribution is 2.19. The molecule has 1 saturated heterocycles. The van der Waals surface area contributed by atoms with Crippen LogP contribution >= 0.6 is 11.6 Å². The second kappa shape index (κ2) is 9.29. The van der Waals surface area contributed by atoms with Crippen LogP contribution < -0.4 is 5.32 Å². The van der Waals surface area contributed by atoms with Gasteiger partial charge in [-0.15, -0.1) is 0 Å². The van der Waals surface area contributed by atoms with Crippen molar-refractivity contribution in [3.8, 4) is 0 Å². The summed E-state index contributed by atoms with van der Waals surface area (Å²) in [5, 5.41) is 3.32. The van der Waals surface area contributed by atoms with Crippen molar-refractivity contribution in [3.05, 3.63) is 58.6 Å². The number of benzene rings is 1. The molecule has 5 nitrogen and oxygen atoms in total. The maximum absolute atomic E-state index is 12.6. The molecule has 1 atom stereocenters. The number of nitrogens with zero attached hydrogens (tertiary/aromatic N) is 3. The zero-order chi connectivity index (χ0) is 19.2. The fraction of sp³-hybridized carbons (Fsp3) is 0.476. The van der Waals surface area contributed by atoms with E-state index >= 15 is 0 Å². The lowest BCUT2D eigenvalue weighted by molar-refractivity contribution is 0.0925. The van der Waals surface area contributed by atoms with E-state index in [0.717, 1.165) is 32.5 Å². The summed E-state index contributed by atoms with van der Waals surface area (Å²) in [7, 11) is 0. The lowest BCUT2D eigenvalue weighted by atomic mass is 9.97. The van der Waals surface area contributed by atoms with E-state index in [1.807, 2.05) is 19.9 Å². The molecule has 0 bridgehead atoms. The maximum Gasteiger partial charge on any atom is 0.271 e. The number of hydrogen-bond acceptors (Lipinski definition) is 4. The largest absolute Gasteiger partial charge is 0.350 e. The molecule has 1 aliphatic rings. The lowest BCUT2D eigenvalue weighted by Gasteiger charge is -2.32. The van der Waals surface area contributed by atoms with Crippen molar-refractivity contribution in [2.75, 3.05) is 19.6 Å². The van der Waals surface area contributed by atoms with Gasteiger partial charge in [0.1, 0.15) is 11.5 Å². The van der Waals surface area contributed by atoms with Crippen LogP contribution in [0.3, 0.4) is 0 Å². The summed E-state index contributed by atoms with van der Waals surface area (Å²) in [6, 6.07) is 10.5. The number of nitrogens with one attached hydrogen (secondary N) is 1. The van der Waals surface area contributed by atoms with E-state index in [1.165, 1.54) is 11.8 Å². The highest BCUT2D eigenvalue weighted by atomic mass is 35.5. The first kappa shape index (κ1) is 19.8. The molecule has 2 aromatic rings. The number of likely N-dealkylation sites (tertiary alicyclic amines) is 1. The molecular formula is C21H27ClN4O. The van der Waals surface area contributed by atoms with Crippen LogP contribution in [0.25, 0.3) is 0 Å². The van der Waals surface area contributed by atoms with Crippen LogP contribution in [0.1, 0.15) is 54.5 Å². The Hall–Kier alpha value is -1.98. The Morgan fingerprint density at radius 3 is 2.85 bits per heavy atom. The van der Waals surface area contributed by atoms with Crippen LogP contribution in [0.15, 0.2) is 36.5 Å². The van der Waals surface area contributed by atoms with Gasteiger partial charge in [0.05, 0.1) is 11.2 Å². The number of rotatable bonds is 6. The van der Waals surface area contributed by atoms with Gasteiger partial charge < -0.3 is 5.32 Å². The lowest BCUT2D eigenvalue weighted by Crippen LogP contribution is -2.40. The SMILES string of the molecule is CC(C)c1ncc(Cl)c(C(=O)NC[C@@H]2CCCN(Cc3ccccc3)C2)n1. The summed E-state index contributed by atoms with van der Waals surface area (Å²) in [5.41, 5.74) is 1.60. The van der Waals surface area contributed by atoms with Crippen molar-refractivity contribution in [2.45, 2.75) is 39.2 Å². The second-order valence-corrected chi connectivity index (χ2v) is 7.93. The van der Waals surface area contributed by atoms with Gasteiger partial charge in [-0.25, -0.2) is 9.97 Å². The van der Waals surface area contributed by atoms with Gasteiger partial charge in [-0.05, 0) is 30.9 Å². The number of carbonyl (C=O) groups is 1. The molecule has 144 valence electrons. The van der Waals surface area contributed by atoms with Gasteiger partial charge in [-0.1, -0.05) is 55.8 Å². The molecule has 1 N–H and O–H groups in total. The molecule has 1 aromatic carbocycles. The highest BCUT2D eigenvalue weighted by Gasteiger charge is 2.22. The Bertz CT molecular complexity index is 766. The fourth-order valence-electron chi connectivity index (χ4n) is 3.44. The van der Waals surface area contributed by atoms with Crippen molar-refractivity contribution in [1.82, 2.24) is 20.2 Å². The third-order valence-corrected chi connectivity index (χ3v) is 5.17. The zero-order valence-electron chi connectivity index (χ0n) is 16.0. The zero-order valence-corrected chi connectivity index (χ0v) is 16.7. The van der Waals surface area contributed by atoms with Crippen LogP contribution in [-0.2, 0) is 6.54 Å². The minimum Gasteiger partial charge on any atom is -0.350 e. The van der Waals surface area contributed by atoms with E-state index in [2.05, 4.69) is 44.5 Å².